The van der Waals surface area contributed by atoms with Gasteiger partial charge in [-0.15, -0.1) is 0 Å². The number of hydrogen-bond acceptors (Lipinski definition) is 5. The molecule has 125 valence electrons. The summed E-state index contributed by atoms with van der Waals surface area (Å²) in [5, 5.41) is 23.9. The van der Waals surface area contributed by atoms with E-state index in [2.05, 4.69) is 15.1 Å². The smallest absolute Gasteiger partial charge is 0.344 e. The molecule has 0 saturated carbocycles. The minimum absolute atomic E-state index is 0. The molecule has 0 amide bonds. The second-order valence-electron chi connectivity index (χ2n) is 5.48. The fraction of sp³-hybridized carbons (Fsp3) is 0.0556. The summed E-state index contributed by atoms with van der Waals surface area (Å²) in [7, 11) is 0. The number of fused-ring (bicyclic) bond motifs is 2. The van der Waals surface area contributed by atoms with Crippen LogP contribution in [-0.2, 0) is 9.63 Å². The van der Waals surface area contributed by atoms with Crippen LogP contribution in [0.5, 0.6) is 5.88 Å². The molecular weight excluding hydrogens is 345 g/mol. The van der Waals surface area contributed by atoms with Crippen LogP contribution in [0.15, 0.2) is 58.7 Å². The van der Waals surface area contributed by atoms with Crippen molar-refractivity contribution in [3.63, 3.8) is 0 Å². The Labute approximate surface area is 170 Å². The van der Waals surface area contributed by atoms with E-state index in [1.807, 2.05) is 48.5 Å². The molecule has 0 saturated heterocycles. The molecule has 4 rings (SSSR count). The molecule has 0 bridgehead atoms. The number of aromatic hydroxyl groups is 1. The third kappa shape index (κ3) is 3.12. The molecule has 7 nitrogen and oxygen atoms in total. The number of rotatable bonds is 4. The predicted molar refractivity (Wildman–Crippen MR) is 98.5 cm³/mol. The van der Waals surface area contributed by atoms with Crippen LogP contribution in [0.1, 0.15) is 11.1 Å². The molecule has 8 heteroatoms. The van der Waals surface area contributed by atoms with Gasteiger partial charge in [0, 0.05) is 46.0 Å². The van der Waals surface area contributed by atoms with Crippen LogP contribution in [-0.4, -0.2) is 68.8 Å². The zero-order chi connectivity index (χ0) is 17.4. The van der Waals surface area contributed by atoms with Crippen molar-refractivity contribution >= 4 is 63.5 Å². The molecule has 3 N–H and O–H groups in total. The molecular formula is C18H13N3NaO4. The molecule has 1 aliphatic heterocycles. The van der Waals surface area contributed by atoms with Crippen LogP contribution < -0.4 is 0 Å². The Balaban J connectivity index is 0.00000196. The van der Waals surface area contributed by atoms with Crippen LogP contribution in [0.4, 0.5) is 5.69 Å². The summed E-state index contributed by atoms with van der Waals surface area (Å²) in [6, 6.07) is 14.7. The van der Waals surface area contributed by atoms with Crippen molar-refractivity contribution in [1.82, 2.24) is 4.98 Å². The number of benzene rings is 2. The molecule has 2 aromatic carbocycles. The van der Waals surface area contributed by atoms with Gasteiger partial charge in [-0.05, 0) is 12.1 Å². The quantitative estimate of drug-likeness (QED) is 0.492. The van der Waals surface area contributed by atoms with Crippen molar-refractivity contribution in [2.24, 2.45) is 10.1 Å². The number of aliphatic carboxylic acids is 1. The second-order valence-corrected chi connectivity index (χ2v) is 5.48. The van der Waals surface area contributed by atoms with Crippen molar-refractivity contribution in [3.05, 3.63) is 59.7 Å². The number of nitrogens with zero attached hydrogens (tertiary/aromatic N) is 2. The van der Waals surface area contributed by atoms with Gasteiger partial charge in [0.25, 0.3) is 0 Å². The van der Waals surface area contributed by atoms with Crippen LogP contribution in [0.3, 0.4) is 0 Å². The number of carbonyl (C=O) groups is 1. The molecule has 1 radical (unpaired) electrons. The molecule has 0 aliphatic carbocycles. The number of carboxylic acids is 1. The molecule has 0 unspecified atom stereocenters. The van der Waals surface area contributed by atoms with E-state index in [-0.39, 0.29) is 35.4 Å². The van der Waals surface area contributed by atoms with E-state index in [4.69, 9.17) is 9.94 Å². The third-order valence-corrected chi connectivity index (χ3v) is 3.88. The number of aromatic nitrogens is 1. The minimum atomic E-state index is -1.12. The van der Waals surface area contributed by atoms with Gasteiger partial charge >= 0.3 is 5.97 Å². The Hall–Kier alpha value is -2.61. The summed E-state index contributed by atoms with van der Waals surface area (Å²) in [6.45, 7) is -0.557. The number of H-pyrrole nitrogens is 1. The normalized spacial score (nSPS) is 14.0. The van der Waals surface area contributed by atoms with Gasteiger partial charge in [0.15, 0.2) is 5.88 Å². The molecule has 3 aromatic rings. The Bertz CT molecular complexity index is 1060. The maximum Gasteiger partial charge on any atom is 0.344 e. The Morgan fingerprint density at radius 2 is 1.88 bits per heavy atom. The summed E-state index contributed by atoms with van der Waals surface area (Å²) in [4.78, 5) is 23.1. The van der Waals surface area contributed by atoms with Gasteiger partial charge in [-0.3, -0.25) is 0 Å². The first kappa shape index (κ1) is 18.2. The van der Waals surface area contributed by atoms with Gasteiger partial charge in [0.05, 0.1) is 11.3 Å². The van der Waals surface area contributed by atoms with E-state index < -0.39 is 12.6 Å². The van der Waals surface area contributed by atoms with Gasteiger partial charge in [-0.25, -0.2) is 9.79 Å². The molecule has 0 spiro atoms. The maximum absolute atomic E-state index is 10.7. The van der Waals surface area contributed by atoms with Gasteiger partial charge in [-0.1, -0.05) is 41.6 Å². The van der Waals surface area contributed by atoms with Gasteiger partial charge in [0.1, 0.15) is 11.4 Å². The SMILES string of the molecule is O=C(O)CO/N=C1/C(c2c(O)[nH]c3ccccc23)=Nc2ccccc21.[Na]. The van der Waals surface area contributed by atoms with Gasteiger partial charge in [0.2, 0.25) is 6.61 Å². The van der Waals surface area contributed by atoms with Gasteiger partial charge in [-0.2, -0.15) is 0 Å². The third-order valence-electron chi connectivity index (χ3n) is 3.88. The fourth-order valence-electron chi connectivity index (χ4n) is 2.86. The predicted octanol–water partition coefficient (Wildman–Crippen LogP) is 2.43. The molecule has 0 fully saturated rings. The summed E-state index contributed by atoms with van der Waals surface area (Å²) >= 11 is 0. The standard InChI is InChI=1S/C18H13N3O4.Na/c22-14(23)9-25-21-16-11-6-2-4-8-13(11)19-17(16)15-10-5-1-3-7-12(10)20-18(15)24;/h1-8,20,24H,9H2,(H,22,23);/b21-16+;. The van der Waals surface area contributed by atoms with Crippen molar-refractivity contribution < 1.29 is 19.8 Å². The van der Waals surface area contributed by atoms with Crippen LogP contribution in [0.2, 0.25) is 0 Å². The first-order valence-corrected chi connectivity index (χ1v) is 7.55. The van der Waals surface area contributed by atoms with Crippen LogP contribution in [0, 0.1) is 0 Å². The summed E-state index contributed by atoms with van der Waals surface area (Å²) in [5.74, 6) is -1.15. The molecule has 26 heavy (non-hydrogen) atoms. The Kier molecular flexibility index (Phi) is 5.13. The number of hydrogen-bond donors (Lipinski definition) is 3. The topological polar surface area (TPSA) is 107 Å². The van der Waals surface area contributed by atoms with E-state index in [0.29, 0.717) is 28.2 Å². The number of aliphatic imine (C=N–C) groups is 1. The van der Waals surface area contributed by atoms with E-state index in [0.717, 1.165) is 10.9 Å². The molecule has 0 atom stereocenters. The molecule has 2 heterocycles. The number of para-hydroxylation sites is 2. The zero-order valence-corrected chi connectivity index (χ0v) is 15.9. The number of carboxylic acid groups (broad SMARTS) is 1. The first-order valence-electron chi connectivity index (χ1n) is 7.55. The van der Waals surface area contributed by atoms with Crippen molar-refractivity contribution in [2.45, 2.75) is 0 Å². The van der Waals surface area contributed by atoms with Gasteiger partial charge < -0.3 is 20.0 Å². The average Bonchev–Trinajstić information content (AvgIpc) is 3.11. The minimum Gasteiger partial charge on any atom is -0.494 e. The van der Waals surface area contributed by atoms with Crippen molar-refractivity contribution in [3.8, 4) is 5.88 Å². The zero-order valence-electron chi connectivity index (χ0n) is 13.9. The average molecular weight is 358 g/mol. The Morgan fingerprint density at radius 1 is 1.15 bits per heavy atom. The van der Waals surface area contributed by atoms with E-state index >= 15 is 0 Å². The first-order chi connectivity index (χ1) is 12.1. The summed E-state index contributed by atoms with van der Waals surface area (Å²) in [5.41, 5.74) is 3.48. The van der Waals surface area contributed by atoms with Crippen molar-refractivity contribution in [2.75, 3.05) is 6.61 Å². The van der Waals surface area contributed by atoms with Crippen LogP contribution >= 0.6 is 0 Å². The number of aromatic amines is 1. The Morgan fingerprint density at radius 3 is 2.69 bits per heavy atom. The van der Waals surface area contributed by atoms with E-state index in [9.17, 15) is 9.90 Å². The second kappa shape index (κ2) is 7.33. The fourth-order valence-corrected chi connectivity index (χ4v) is 2.86. The summed E-state index contributed by atoms with van der Waals surface area (Å²) < 4.78 is 0. The molecule has 1 aliphatic rings. The number of nitrogens with one attached hydrogen (secondary N) is 1. The summed E-state index contributed by atoms with van der Waals surface area (Å²) in [6.07, 6.45) is 0. The van der Waals surface area contributed by atoms with E-state index in [1.54, 1.807) is 0 Å². The van der Waals surface area contributed by atoms with Crippen LogP contribution in [0.25, 0.3) is 10.9 Å². The molecule has 1 aromatic heterocycles. The van der Waals surface area contributed by atoms with Crippen molar-refractivity contribution in [1.29, 1.82) is 0 Å². The largest absolute Gasteiger partial charge is 0.494 e. The maximum atomic E-state index is 10.7. The monoisotopic (exact) mass is 358 g/mol. The van der Waals surface area contributed by atoms with E-state index in [1.165, 1.54) is 0 Å². The number of oxime groups is 1.